The molecule has 0 bridgehead atoms. The summed E-state index contributed by atoms with van der Waals surface area (Å²) in [5.74, 6) is -0.149. The van der Waals surface area contributed by atoms with Gasteiger partial charge < -0.3 is 0 Å². The summed E-state index contributed by atoms with van der Waals surface area (Å²) < 4.78 is 28.0. The molecule has 5 rings (SSSR count). The van der Waals surface area contributed by atoms with Gasteiger partial charge in [0.05, 0.1) is 0 Å². The van der Waals surface area contributed by atoms with Gasteiger partial charge in [-0.15, -0.1) is 0 Å². The Hall–Kier alpha value is -3.22. The first-order valence-corrected chi connectivity index (χ1v) is 13.1. The zero-order valence-electron chi connectivity index (χ0n) is 17.8. The molecule has 4 aromatic rings. The minimum atomic E-state index is -3.05. The number of fused-ring (bicyclic) bond motifs is 1. The molecule has 0 spiro atoms. The van der Waals surface area contributed by atoms with E-state index in [-0.39, 0.29) is 5.56 Å². The first-order chi connectivity index (χ1) is 15.9. The van der Waals surface area contributed by atoms with Crippen LogP contribution in [0.4, 0.5) is 14.6 Å². The van der Waals surface area contributed by atoms with Gasteiger partial charge in [0.2, 0.25) is 0 Å². The third-order valence-corrected chi connectivity index (χ3v) is 9.79. The number of halogens is 2. The quantitative estimate of drug-likeness (QED) is 0.450. The molecule has 1 fully saturated rings. The van der Waals surface area contributed by atoms with Crippen molar-refractivity contribution in [3.63, 3.8) is 0 Å². The number of benzene rings is 2. The van der Waals surface area contributed by atoms with Crippen molar-refractivity contribution in [3.8, 4) is 0 Å². The Morgan fingerprint density at radius 1 is 1.03 bits per heavy atom. The average Bonchev–Trinajstić information content (AvgIpc) is 2.83. The van der Waals surface area contributed by atoms with E-state index in [2.05, 4.69) is 15.2 Å². The molecule has 170 valence electrons. The van der Waals surface area contributed by atoms with Crippen LogP contribution in [0, 0.1) is 11.6 Å². The summed E-state index contributed by atoms with van der Waals surface area (Å²) in [5.41, 5.74) is 1.26. The van der Waals surface area contributed by atoms with Crippen LogP contribution in [0.2, 0.25) is 0 Å². The predicted octanol–water partition coefficient (Wildman–Crippen LogP) is 2.99. The van der Waals surface area contributed by atoms with Crippen LogP contribution in [0.15, 0.2) is 65.6 Å². The second-order valence-electron chi connectivity index (χ2n) is 8.39. The summed E-state index contributed by atoms with van der Waals surface area (Å²) in [5, 5.41) is 8.44. The molecule has 1 aliphatic heterocycles. The maximum atomic E-state index is 14.9. The first kappa shape index (κ1) is 21.6. The van der Waals surface area contributed by atoms with E-state index in [4.69, 9.17) is 0 Å². The number of rotatable bonds is 4. The Kier molecular flexibility index (Phi) is 5.64. The number of aromatic amines is 1. The Morgan fingerprint density at radius 2 is 1.79 bits per heavy atom. The number of pyridine rings is 1. The van der Waals surface area contributed by atoms with Gasteiger partial charge in [0.25, 0.3) is 0 Å². The number of hydrogen-bond donors (Lipinski definition) is 2. The summed E-state index contributed by atoms with van der Waals surface area (Å²) in [6.45, 7) is 1.05. The molecule has 6 nitrogen and oxygen atoms in total. The zero-order valence-corrected chi connectivity index (χ0v) is 18.8. The van der Waals surface area contributed by atoms with Crippen LogP contribution >= 0.6 is 7.49 Å². The molecule has 0 radical (unpaired) electrons. The van der Waals surface area contributed by atoms with Crippen molar-refractivity contribution in [2.24, 2.45) is 0 Å². The minimum absolute atomic E-state index is 0.252. The molecule has 0 aliphatic carbocycles. The van der Waals surface area contributed by atoms with E-state index in [0.29, 0.717) is 54.0 Å². The summed E-state index contributed by atoms with van der Waals surface area (Å²) in [6.07, 6.45) is 2.48. The van der Waals surface area contributed by atoms with Crippen LogP contribution < -0.4 is 15.8 Å². The molecule has 0 amide bonds. The van der Waals surface area contributed by atoms with Crippen molar-refractivity contribution < 1.29 is 13.7 Å². The monoisotopic (exact) mass is 468 g/mol. The van der Waals surface area contributed by atoms with Crippen molar-refractivity contribution in [1.29, 1.82) is 0 Å². The normalized spacial score (nSPS) is 16.6. The van der Waals surface area contributed by atoms with Crippen LogP contribution in [0.1, 0.15) is 11.3 Å². The average molecular weight is 468 g/mol. The van der Waals surface area contributed by atoms with Crippen LogP contribution in [-0.2, 0) is 6.42 Å². The molecular formula is C24H23F2N4O2P. The first-order valence-electron chi connectivity index (χ1n) is 10.8. The van der Waals surface area contributed by atoms with Gasteiger partial charge in [-0.2, -0.15) is 0 Å². The third-order valence-electron chi connectivity index (χ3n) is 6.31. The topological polar surface area (TPSA) is 82.1 Å². The Balaban J connectivity index is 1.40. The van der Waals surface area contributed by atoms with E-state index in [1.807, 2.05) is 17.0 Å². The van der Waals surface area contributed by atoms with Gasteiger partial charge in [0.1, 0.15) is 0 Å². The molecule has 0 unspecified atom stereocenters. The molecule has 2 aromatic heterocycles. The van der Waals surface area contributed by atoms with Crippen LogP contribution in [0.25, 0.3) is 10.8 Å². The molecule has 0 atom stereocenters. The molecular weight excluding hydrogens is 445 g/mol. The number of nitrogens with zero attached hydrogens (tertiary/aromatic N) is 3. The summed E-state index contributed by atoms with van der Waals surface area (Å²) in [7, 11) is -3.05. The van der Waals surface area contributed by atoms with Gasteiger partial charge in [0, 0.05) is 0 Å². The summed E-state index contributed by atoms with van der Waals surface area (Å²) in [4.78, 5) is 29.6. The molecule has 2 N–H and O–H groups in total. The van der Waals surface area contributed by atoms with Crippen molar-refractivity contribution in [3.05, 3.63) is 94.0 Å². The Morgan fingerprint density at radius 3 is 2.52 bits per heavy atom. The van der Waals surface area contributed by atoms with Gasteiger partial charge >= 0.3 is 189 Å². The van der Waals surface area contributed by atoms with Crippen LogP contribution in [0.3, 0.4) is 0 Å². The fraction of sp³-hybridized carbons (Fsp3) is 0.208. The van der Waals surface area contributed by atoms with Crippen molar-refractivity contribution in [2.45, 2.75) is 6.42 Å². The Bertz CT molecular complexity index is 1370. The van der Waals surface area contributed by atoms with E-state index in [9.17, 15) is 18.5 Å². The summed E-state index contributed by atoms with van der Waals surface area (Å²) >= 11 is 0. The van der Waals surface area contributed by atoms with E-state index in [0.717, 1.165) is 10.9 Å². The van der Waals surface area contributed by atoms with Crippen LogP contribution in [0.5, 0.6) is 0 Å². The van der Waals surface area contributed by atoms with Crippen molar-refractivity contribution >= 4 is 29.4 Å². The molecule has 0 saturated carbocycles. The van der Waals surface area contributed by atoms with Gasteiger partial charge in [-0.3, -0.25) is 0 Å². The van der Waals surface area contributed by atoms with Gasteiger partial charge in [-0.1, -0.05) is 0 Å². The third kappa shape index (κ3) is 4.24. The van der Waals surface area contributed by atoms with E-state index in [1.54, 1.807) is 30.3 Å². The number of anilines is 1. The SMILES string of the molecule is O=c1[nH]nc(Cc2ccc(F)c([PH]3(O)CCN(c4ccc(F)cn4)CC3)c2)c2ccccc12. The zero-order chi connectivity index (χ0) is 23.0. The molecule has 3 heterocycles. The van der Waals surface area contributed by atoms with Crippen LogP contribution in [-0.4, -0.2) is 45.5 Å². The van der Waals surface area contributed by atoms with E-state index in [1.165, 1.54) is 18.3 Å². The molecule has 1 aliphatic rings. The standard InChI is InChI=1S/C24H23F2N4O2P/c25-17-6-8-23(27-15-17)30-9-11-33(32,12-10-30)22-14-16(5-7-20(22)26)13-21-18-3-1-2-4-19(18)24(31)29-28-21/h1-8,14-15,32-33H,9-13H2,(H,29,31). The fourth-order valence-electron chi connectivity index (χ4n) is 4.47. The van der Waals surface area contributed by atoms with E-state index >= 15 is 0 Å². The molecule has 2 aromatic carbocycles. The predicted molar refractivity (Wildman–Crippen MR) is 128 cm³/mol. The number of H-pyrrole nitrogens is 1. The maximum absolute atomic E-state index is 14.9. The number of aromatic nitrogens is 3. The number of nitrogens with one attached hydrogen (secondary N) is 1. The second kappa shape index (κ2) is 8.61. The number of hydrogen-bond acceptors (Lipinski definition) is 5. The molecule has 9 heteroatoms. The van der Waals surface area contributed by atoms with Gasteiger partial charge in [-0.05, 0) is 0 Å². The molecule has 1 saturated heterocycles. The van der Waals surface area contributed by atoms with Gasteiger partial charge in [-0.25, -0.2) is 0 Å². The van der Waals surface area contributed by atoms with Gasteiger partial charge in [0.15, 0.2) is 0 Å². The van der Waals surface area contributed by atoms with E-state index < -0.39 is 19.1 Å². The Labute approximate surface area is 189 Å². The second-order valence-corrected chi connectivity index (χ2v) is 12.0. The fourth-order valence-corrected chi connectivity index (χ4v) is 7.52. The van der Waals surface area contributed by atoms with Crippen molar-refractivity contribution in [1.82, 2.24) is 15.2 Å². The van der Waals surface area contributed by atoms with Crippen molar-refractivity contribution in [2.75, 3.05) is 30.3 Å². The summed E-state index contributed by atoms with van der Waals surface area (Å²) in [6, 6.07) is 15.0. The molecule has 33 heavy (non-hydrogen) atoms.